The molecule has 0 rings (SSSR count). The van der Waals surface area contributed by atoms with E-state index in [1.807, 2.05) is 21.1 Å². The van der Waals surface area contributed by atoms with Crippen molar-refractivity contribution in [3.63, 3.8) is 0 Å². The SMILES string of the molecule is CCCCCCC/C=C\C/C=C\CCCCCCCCCCCCCCCCCCCCCCCCCCCC(=O)NC(COP(=O)([O-])OCC[N+](C)(C)C)C(O)CCCCCCCCC. The van der Waals surface area contributed by atoms with Gasteiger partial charge >= 0.3 is 0 Å². The first-order valence-corrected chi connectivity index (χ1v) is 30.1. The largest absolute Gasteiger partial charge is 0.756 e. The summed E-state index contributed by atoms with van der Waals surface area (Å²) in [5, 5.41) is 13.8. The number of hydrogen-bond acceptors (Lipinski definition) is 6. The Kier molecular flexibility index (Phi) is 48.2. The Morgan fingerprint density at radius 1 is 0.530 bits per heavy atom. The zero-order chi connectivity index (χ0) is 48.5. The number of likely N-dealkylation sites (N-methyl/N-ethyl adjacent to an activating group) is 1. The van der Waals surface area contributed by atoms with Crippen molar-refractivity contribution in [3.8, 4) is 0 Å². The Hall–Kier alpha value is -1.02. The van der Waals surface area contributed by atoms with Gasteiger partial charge in [0, 0.05) is 6.42 Å². The normalized spacial score (nSPS) is 14.1. The Bertz CT molecular complexity index is 1130. The number of nitrogens with one attached hydrogen (secondary N) is 1. The zero-order valence-electron chi connectivity index (χ0n) is 44.7. The third-order valence-electron chi connectivity index (χ3n) is 13.2. The maximum Gasteiger partial charge on any atom is 0.268 e. The number of phosphoric acid groups is 1. The number of carbonyl (C=O) groups is 1. The van der Waals surface area contributed by atoms with E-state index in [9.17, 15) is 19.4 Å². The second-order valence-corrected chi connectivity index (χ2v) is 22.4. The van der Waals surface area contributed by atoms with Crippen LogP contribution in [-0.2, 0) is 18.4 Å². The predicted molar refractivity (Wildman–Crippen MR) is 284 cm³/mol. The highest BCUT2D eigenvalue weighted by Crippen LogP contribution is 2.38. The molecule has 0 radical (unpaired) electrons. The van der Waals surface area contributed by atoms with Crippen LogP contribution in [0.4, 0.5) is 0 Å². The first kappa shape index (κ1) is 65.0. The summed E-state index contributed by atoms with van der Waals surface area (Å²) in [6.07, 6.45) is 61.3. The third-order valence-corrected chi connectivity index (χ3v) is 14.2. The van der Waals surface area contributed by atoms with E-state index in [0.29, 0.717) is 23.9 Å². The van der Waals surface area contributed by atoms with Crippen molar-refractivity contribution in [2.45, 2.75) is 296 Å². The van der Waals surface area contributed by atoms with Gasteiger partial charge in [-0.3, -0.25) is 9.36 Å². The van der Waals surface area contributed by atoms with Crippen molar-refractivity contribution in [1.29, 1.82) is 0 Å². The molecule has 1 amide bonds. The Balaban J connectivity index is 3.74. The molecule has 0 saturated heterocycles. The van der Waals surface area contributed by atoms with E-state index < -0.39 is 20.0 Å². The van der Waals surface area contributed by atoms with Crippen molar-refractivity contribution in [2.75, 3.05) is 40.9 Å². The fraction of sp³-hybridized carbons (Fsp3) is 0.912. The maximum absolute atomic E-state index is 12.9. The minimum atomic E-state index is -4.55. The molecule has 0 spiro atoms. The summed E-state index contributed by atoms with van der Waals surface area (Å²) in [6, 6.07) is -0.794. The van der Waals surface area contributed by atoms with Gasteiger partial charge in [0.2, 0.25) is 5.91 Å². The number of rotatable bonds is 53. The van der Waals surface area contributed by atoms with Gasteiger partial charge in [-0.2, -0.15) is 0 Å². The number of unbranched alkanes of at least 4 members (excludes halogenated alkanes) is 36. The van der Waals surface area contributed by atoms with Crippen LogP contribution in [0.5, 0.6) is 0 Å². The number of quaternary nitrogens is 1. The van der Waals surface area contributed by atoms with Gasteiger partial charge in [0.25, 0.3) is 7.82 Å². The average molecular weight is 954 g/mol. The average Bonchev–Trinajstić information content (AvgIpc) is 3.28. The molecular formula is C57H113N2O6P. The monoisotopic (exact) mass is 953 g/mol. The van der Waals surface area contributed by atoms with Crippen molar-refractivity contribution >= 4 is 13.7 Å². The number of allylic oxidation sites excluding steroid dienone is 4. The molecule has 8 nitrogen and oxygen atoms in total. The highest BCUT2D eigenvalue weighted by Gasteiger charge is 2.24. The summed E-state index contributed by atoms with van der Waals surface area (Å²) in [4.78, 5) is 25.3. The first-order valence-electron chi connectivity index (χ1n) is 28.7. The molecular weight excluding hydrogens is 840 g/mol. The molecule has 2 N–H and O–H groups in total. The number of aliphatic hydroxyl groups is 1. The van der Waals surface area contributed by atoms with Gasteiger partial charge in [0.05, 0.1) is 39.9 Å². The molecule has 0 aliphatic heterocycles. The van der Waals surface area contributed by atoms with Gasteiger partial charge in [0.15, 0.2) is 0 Å². The molecule has 0 fully saturated rings. The van der Waals surface area contributed by atoms with Gasteiger partial charge in [-0.05, 0) is 44.9 Å². The first-order chi connectivity index (χ1) is 32.0. The van der Waals surface area contributed by atoms with E-state index in [2.05, 4.69) is 43.5 Å². The number of nitrogens with zero attached hydrogens (tertiary/aromatic N) is 1. The van der Waals surface area contributed by atoms with Gasteiger partial charge in [-0.25, -0.2) is 0 Å². The standard InChI is InChI=1S/C57H113N2O6P/c1-6-8-10-12-14-15-16-17-18-19-20-21-22-23-24-25-26-27-28-29-30-31-32-33-34-35-36-37-38-39-40-41-42-43-45-47-49-51-57(61)58-55(56(60)50-48-46-44-13-11-9-7-2)54-65-66(62,63)64-53-52-59(3,4)5/h16-17,19-20,55-56,60H,6-15,18,21-54H2,1-5H3,(H-,58,61,62,63)/b17-16-,20-19-. The van der Waals surface area contributed by atoms with Crippen LogP contribution in [0.25, 0.3) is 0 Å². The molecule has 0 aliphatic carbocycles. The summed E-state index contributed by atoms with van der Waals surface area (Å²) in [5.74, 6) is -0.164. The Morgan fingerprint density at radius 3 is 1.26 bits per heavy atom. The van der Waals surface area contributed by atoms with Crippen LogP contribution in [0.15, 0.2) is 24.3 Å². The minimum Gasteiger partial charge on any atom is -0.756 e. The fourth-order valence-corrected chi connectivity index (χ4v) is 9.38. The van der Waals surface area contributed by atoms with E-state index in [0.717, 1.165) is 44.9 Å². The molecule has 66 heavy (non-hydrogen) atoms. The lowest BCUT2D eigenvalue weighted by molar-refractivity contribution is -0.870. The summed E-state index contributed by atoms with van der Waals surface area (Å²) in [6.45, 7) is 4.68. The number of amides is 1. The molecule has 3 unspecified atom stereocenters. The van der Waals surface area contributed by atoms with E-state index in [4.69, 9.17) is 9.05 Å². The topological polar surface area (TPSA) is 108 Å². The lowest BCUT2D eigenvalue weighted by atomic mass is 10.0. The van der Waals surface area contributed by atoms with Crippen LogP contribution in [0.3, 0.4) is 0 Å². The molecule has 0 bridgehead atoms. The molecule has 0 heterocycles. The van der Waals surface area contributed by atoms with Crippen LogP contribution < -0.4 is 10.2 Å². The summed E-state index contributed by atoms with van der Waals surface area (Å²) in [5.41, 5.74) is 0. The minimum absolute atomic E-state index is 0.0141. The molecule has 9 heteroatoms. The second-order valence-electron chi connectivity index (χ2n) is 21.0. The lowest BCUT2D eigenvalue weighted by Crippen LogP contribution is -2.46. The lowest BCUT2D eigenvalue weighted by Gasteiger charge is -2.30. The van der Waals surface area contributed by atoms with Gasteiger partial charge in [-0.1, -0.05) is 256 Å². The number of hydrogen-bond donors (Lipinski definition) is 2. The quantitative estimate of drug-likeness (QED) is 0.0272. The number of phosphoric ester groups is 1. The molecule has 392 valence electrons. The van der Waals surface area contributed by atoms with Crippen LogP contribution >= 0.6 is 7.82 Å². The van der Waals surface area contributed by atoms with Crippen molar-refractivity contribution < 1.29 is 32.9 Å². The summed E-state index contributed by atoms with van der Waals surface area (Å²) >= 11 is 0. The smallest absolute Gasteiger partial charge is 0.268 e. The number of carbonyl (C=O) groups excluding carboxylic acids is 1. The molecule has 0 aliphatic rings. The summed E-state index contributed by atoms with van der Waals surface area (Å²) < 4.78 is 23.2. The molecule has 0 saturated carbocycles. The zero-order valence-corrected chi connectivity index (χ0v) is 45.6. The second kappa shape index (κ2) is 49.0. The van der Waals surface area contributed by atoms with Gasteiger partial charge < -0.3 is 28.8 Å². The molecule has 0 aromatic heterocycles. The number of aliphatic hydroxyl groups excluding tert-OH is 1. The van der Waals surface area contributed by atoms with E-state index >= 15 is 0 Å². The van der Waals surface area contributed by atoms with E-state index in [1.165, 1.54) is 212 Å². The maximum atomic E-state index is 12.9. The molecule has 0 aromatic carbocycles. The predicted octanol–water partition coefficient (Wildman–Crippen LogP) is 16.6. The fourth-order valence-electron chi connectivity index (χ4n) is 8.66. The molecule has 0 aromatic rings. The van der Waals surface area contributed by atoms with Crippen LogP contribution in [0.1, 0.15) is 284 Å². The Labute approximate surface area is 411 Å². The molecule has 3 atom stereocenters. The van der Waals surface area contributed by atoms with Gasteiger partial charge in [0.1, 0.15) is 13.2 Å². The summed E-state index contributed by atoms with van der Waals surface area (Å²) in [7, 11) is 1.31. The van der Waals surface area contributed by atoms with E-state index in [-0.39, 0.29) is 19.1 Å². The van der Waals surface area contributed by atoms with Crippen LogP contribution in [0.2, 0.25) is 0 Å². The van der Waals surface area contributed by atoms with Crippen molar-refractivity contribution in [2.24, 2.45) is 0 Å². The van der Waals surface area contributed by atoms with Gasteiger partial charge in [-0.15, -0.1) is 0 Å². The van der Waals surface area contributed by atoms with Crippen LogP contribution in [0, 0.1) is 0 Å². The van der Waals surface area contributed by atoms with Crippen molar-refractivity contribution in [3.05, 3.63) is 24.3 Å². The Morgan fingerprint density at radius 2 is 0.879 bits per heavy atom. The van der Waals surface area contributed by atoms with E-state index in [1.54, 1.807) is 0 Å². The highest BCUT2D eigenvalue weighted by atomic mass is 31.2. The van der Waals surface area contributed by atoms with Crippen LogP contribution in [-0.4, -0.2) is 68.5 Å². The highest BCUT2D eigenvalue weighted by molar-refractivity contribution is 7.45. The third kappa shape index (κ3) is 50.8. The van der Waals surface area contributed by atoms with Crippen molar-refractivity contribution in [1.82, 2.24) is 5.32 Å².